The molecule has 0 aliphatic heterocycles. The summed E-state index contributed by atoms with van der Waals surface area (Å²) in [7, 11) is 1.59. The van der Waals surface area contributed by atoms with E-state index in [1.807, 2.05) is 6.92 Å². The summed E-state index contributed by atoms with van der Waals surface area (Å²) in [6.45, 7) is 2.17. The van der Waals surface area contributed by atoms with Crippen molar-refractivity contribution >= 4 is 11.6 Å². The van der Waals surface area contributed by atoms with E-state index < -0.39 is 6.10 Å². The van der Waals surface area contributed by atoms with Crippen LogP contribution in [0.5, 0.6) is 5.75 Å². The van der Waals surface area contributed by atoms with Gasteiger partial charge in [0.2, 0.25) is 0 Å². The van der Waals surface area contributed by atoms with Crippen molar-refractivity contribution in [2.24, 2.45) is 5.73 Å². The van der Waals surface area contributed by atoms with Crippen molar-refractivity contribution in [3.63, 3.8) is 0 Å². The highest BCUT2D eigenvalue weighted by Gasteiger charge is 2.12. The molecular weight excluding hydrogens is 214 g/mol. The average Bonchev–Trinajstić information content (AvgIpc) is 2.26. The van der Waals surface area contributed by atoms with Gasteiger partial charge in [0.05, 0.1) is 13.2 Å². The Morgan fingerprint density at radius 3 is 2.67 bits per heavy atom. The van der Waals surface area contributed by atoms with Crippen LogP contribution in [-0.4, -0.2) is 18.8 Å². The molecule has 1 unspecified atom stereocenters. The van der Waals surface area contributed by atoms with Crippen LogP contribution in [0.15, 0.2) is 12.1 Å². The predicted molar refractivity (Wildman–Crippen MR) is 61.4 cm³/mol. The highest BCUT2D eigenvalue weighted by Crippen LogP contribution is 2.31. The van der Waals surface area contributed by atoms with Gasteiger partial charge in [0, 0.05) is 17.1 Å². The molecule has 0 radical (unpaired) electrons. The van der Waals surface area contributed by atoms with E-state index in [4.69, 9.17) is 22.1 Å². The summed E-state index contributed by atoms with van der Waals surface area (Å²) < 4.78 is 5.22. The second-order valence-corrected chi connectivity index (χ2v) is 3.70. The van der Waals surface area contributed by atoms with Crippen molar-refractivity contribution in [2.75, 3.05) is 13.7 Å². The molecule has 0 aromatic heterocycles. The molecule has 1 aromatic carbocycles. The highest BCUT2D eigenvalue weighted by atomic mass is 35.5. The highest BCUT2D eigenvalue weighted by molar-refractivity contribution is 6.31. The van der Waals surface area contributed by atoms with Gasteiger partial charge in [-0.3, -0.25) is 0 Å². The lowest BCUT2D eigenvalue weighted by molar-refractivity contribution is 0.186. The Bertz CT molecular complexity index is 342. The van der Waals surface area contributed by atoms with Gasteiger partial charge < -0.3 is 15.6 Å². The fourth-order valence-electron chi connectivity index (χ4n) is 1.48. The lowest BCUT2D eigenvalue weighted by Crippen LogP contribution is -2.12. The molecule has 3 nitrogen and oxygen atoms in total. The van der Waals surface area contributed by atoms with Crippen LogP contribution in [0.2, 0.25) is 5.02 Å². The maximum absolute atomic E-state index is 9.60. The molecule has 1 aromatic rings. The van der Waals surface area contributed by atoms with Gasteiger partial charge in [-0.15, -0.1) is 0 Å². The molecule has 1 atom stereocenters. The van der Waals surface area contributed by atoms with Crippen LogP contribution in [0, 0.1) is 0 Å². The molecule has 0 fully saturated rings. The van der Waals surface area contributed by atoms with Gasteiger partial charge in [-0.2, -0.15) is 0 Å². The predicted octanol–water partition coefficient (Wildman–Crippen LogP) is 1.90. The first-order valence-corrected chi connectivity index (χ1v) is 5.26. The topological polar surface area (TPSA) is 55.5 Å². The molecule has 0 saturated carbocycles. The first-order chi connectivity index (χ1) is 7.13. The minimum absolute atomic E-state index is 0.172. The molecular formula is C11H16ClNO2. The number of ether oxygens (including phenoxy) is 1. The molecule has 0 amide bonds. The van der Waals surface area contributed by atoms with Crippen molar-refractivity contribution in [1.29, 1.82) is 0 Å². The molecule has 0 aliphatic rings. The Morgan fingerprint density at radius 1 is 1.53 bits per heavy atom. The van der Waals surface area contributed by atoms with Gasteiger partial charge >= 0.3 is 0 Å². The average molecular weight is 230 g/mol. The zero-order chi connectivity index (χ0) is 11.4. The van der Waals surface area contributed by atoms with E-state index in [2.05, 4.69) is 0 Å². The summed E-state index contributed by atoms with van der Waals surface area (Å²) in [4.78, 5) is 0. The molecule has 0 saturated heterocycles. The molecule has 0 spiro atoms. The number of nitrogens with two attached hydrogens (primary N) is 1. The van der Waals surface area contributed by atoms with Gasteiger partial charge in [0.25, 0.3) is 0 Å². The number of benzene rings is 1. The number of hydrogen-bond acceptors (Lipinski definition) is 3. The monoisotopic (exact) mass is 229 g/mol. The minimum atomic E-state index is -0.692. The Kier molecular flexibility index (Phi) is 4.39. The van der Waals surface area contributed by atoms with E-state index in [9.17, 15) is 5.11 Å². The second-order valence-electron chi connectivity index (χ2n) is 3.29. The maximum Gasteiger partial charge on any atom is 0.123 e. The number of aliphatic hydroxyl groups is 1. The Labute approximate surface area is 94.8 Å². The normalized spacial score (nSPS) is 12.6. The summed E-state index contributed by atoms with van der Waals surface area (Å²) in [5.41, 5.74) is 7.02. The number of halogens is 1. The van der Waals surface area contributed by atoms with Crippen LogP contribution in [-0.2, 0) is 6.42 Å². The molecule has 0 aliphatic carbocycles. The minimum Gasteiger partial charge on any atom is -0.496 e. The molecule has 84 valence electrons. The number of methoxy groups -OCH3 is 1. The third-order valence-corrected chi connectivity index (χ3v) is 2.70. The Hall–Kier alpha value is -0.770. The lowest BCUT2D eigenvalue weighted by Gasteiger charge is -2.14. The summed E-state index contributed by atoms with van der Waals surface area (Å²) in [6, 6.07) is 3.52. The molecule has 4 heteroatoms. The first-order valence-electron chi connectivity index (χ1n) is 4.88. The molecule has 0 bridgehead atoms. The standard InChI is InChI=1S/C11H16ClNO2/c1-3-8-9(12)4-7(10(14)6-13)5-11(8)15-2/h4-5,10,14H,3,6,13H2,1-2H3. The second kappa shape index (κ2) is 5.35. The molecule has 0 heterocycles. The van der Waals surface area contributed by atoms with E-state index in [-0.39, 0.29) is 6.54 Å². The van der Waals surface area contributed by atoms with Crippen LogP contribution in [0.1, 0.15) is 24.2 Å². The zero-order valence-electron chi connectivity index (χ0n) is 8.96. The van der Waals surface area contributed by atoms with Gasteiger partial charge in [0.15, 0.2) is 0 Å². The van der Waals surface area contributed by atoms with Gasteiger partial charge in [-0.1, -0.05) is 18.5 Å². The van der Waals surface area contributed by atoms with Crippen LogP contribution in [0.25, 0.3) is 0 Å². The van der Waals surface area contributed by atoms with Crippen LogP contribution >= 0.6 is 11.6 Å². The van der Waals surface area contributed by atoms with Crippen molar-refractivity contribution in [2.45, 2.75) is 19.4 Å². The Morgan fingerprint density at radius 2 is 2.20 bits per heavy atom. The maximum atomic E-state index is 9.60. The fourth-order valence-corrected chi connectivity index (χ4v) is 1.84. The molecule has 1 rings (SSSR count). The quantitative estimate of drug-likeness (QED) is 0.829. The third kappa shape index (κ3) is 2.62. The van der Waals surface area contributed by atoms with Gasteiger partial charge in [-0.25, -0.2) is 0 Å². The number of rotatable bonds is 4. The van der Waals surface area contributed by atoms with Crippen molar-refractivity contribution in [1.82, 2.24) is 0 Å². The Balaban J connectivity index is 3.19. The van der Waals surface area contributed by atoms with E-state index in [1.54, 1.807) is 19.2 Å². The van der Waals surface area contributed by atoms with Gasteiger partial charge in [-0.05, 0) is 24.1 Å². The third-order valence-electron chi connectivity index (χ3n) is 2.36. The van der Waals surface area contributed by atoms with Crippen molar-refractivity contribution in [3.8, 4) is 5.75 Å². The van der Waals surface area contributed by atoms with Crippen molar-refractivity contribution in [3.05, 3.63) is 28.3 Å². The van der Waals surface area contributed by atoms with Crippen LogP contribution in [0.4, 0.5) is 0 Å². The fraction of sp³-hybridized carbons (Fsp3) is 0.455. The number of aliphatic hydroxyl groups excluding tert-OH is 1. The summed E-state index contributed by atoms with van der Waals surface area (Å²) in [5, 5.41) is 10.2. The SMILES string of the molecule is CCc1c(Cl)cc(C(O)CN)cc1OC. The van der Waals surface area contributed by atoms with Gasteiger partial charge in [0.1, 0.15) is 5.75 Å². The summed E-state index contributed by atoms with van der Waals surface area (Å²) in [5.74, 6) is 0.701. The lowest BCUT2D eigenvalue weighted by atomic mass is 10.0. The molecule has 15 heavy (non-hydrogen) atoms. The van der Waals surface area contributed by atoms with Crippen molar-refractivity contribution < 1.29 is 9.84 Å². The molecule has 3 N–H and O–H groups in total. The van der Waals surface area contributed by atoms with E-state index in [0.29, 0.717) is 16.3 Å². The largest absolute Gasteiger partial charge is 0.496 e. The zero-order valence-corrected chi connectivity index (χ0v) is 9.71. The van der Waals surface area contributed by atoms with Crippen LogP contribution in [0.3, 0.4) is 0 Å². The van der Waals surface area contributed by atoms with E-state index in [1.165, 1.54) is 0 Å². The first kappa shape index (κ1) is 12.3. The van der Waals surface area contributed by atoms with E-state index in [0.717, 1.165) is 12.0 Å². The van der Waals surface area contributed by atoms with Crippen LogP contribution < -0.4 is 10.5 Å². The summed E-state index contributed by atoms with van der Waals surface area (Å²) >= 11 is 6.08. The van der Waals surface area contributed by atoms with E-state index >= 15 is 0 Å². The summed E-state index contributed by atoms with van der Waals surface area (Å²) in [6.07, 6.45) is 0.100. The number of hydrogen-bond donors (Lipinski definition) is 2. The smallest absolute Gasteiger partial charge is 0.123 e.